The van der Waals surface area contributed by atoms with E-state index in [-0.39, 0.29) is 11.3 Å². The molecule has 4 nitrogen and oxygen atoms in total. The molecule has 0 aliphatic rings. The number of halogens is 2. The Balaban J connectivity index is 1.93. The lowest BCUT2D eigenvalue weighted by atomic mass is 10.1. The minimum Gasteiger partial charge on any atom is -0.298 e. The molecule has 0 radical (unpaired) electrons. The van der Waals surface area contributed by atoms with E-state index < -0.39 is 0 Å². The van der Waals surface area contributed by atoms with Crippen molar-refractivity contribution in [3.8, 4) is 0 Å². The molecule has 0 unspecified atom stereocenters. The standard InChI is InChI=1S/C14H12BrIN2O2/c15-11-5-3-10(4-6-11)13(19)2-1-7-18-9-17-8-12(16)14(18)20/h3-6,8-9H,1-2,7H2. The number of carbonyl (C=O) groups is 1. The van der Waals surface area contributed by atoms with Crippen molar-refractivity contribution in [1.29, 1.82) is 0 Å². The number of nitrogens with zero attached hydrogens (tertiary/aromatic N) is 2. The van der Waals surface area contributed by atoms with Crippen LogP contribution in [0.15, 0.2) is 46.1 Å². The summed E-state index contributed by atoms with van der Waals surface area (Å²) in [6.07, 6.45) is 4.08. The van der Waals surface area contributed by atoms with Crippen LogP contribution < -0.4 is 5.56 Å². The summed E-state index contributed by atoms with van der Waals surface area (Å²) in [5, 5.41) is 0. The molecule has 0 aliphatic carbocycles. The number of aryl methyl sites for hydroxylation is 1. The highest BCUT2D eigenvalue weighted by atomic mass is 127. The van der Waals surface area contributed by atoms with Crippen LogP contribution in [0.3, 0.4) is 0 Å². The van der Waals surface area contributed by atoms with Crippen LogP contribution in [0, 0.1) is 3.57 Å². The van der Waals surface area contributed by atoms with E-state index in [2.05, 4.69) is 20.9 Å². The normalized spacial score (nSPS) is 10.5. The third kappa shape index (κ3) is 3.99. The van der Waals surface area contributed by atoms with Gasteiger partial charge in [0.05, 0.1) is 9.90 Å². The first kappa shape index (κ1) is 15.4. The molecule has 0 saturated carbocycles. The van der Waals surface area contributed by atoms with E-state index in [1.54, 1.807) is 12.1 Å². The Morgan fingerprint density at radius 1 is 1.30 bits per heavy atom. The Morgan fingerprint density at radius 3 is 2.70 bits per heavy atom. The summed E-state index contributed by atoms with van der Waals surface area (Å²) >= 11 is 5.30. The van der Waals surface area contributed by atoms with Crippen LogP contribution >= 0.6 is 38.5 Å². The van der Waals surface area contributed by atoms with E-state index >= 15 is 0 Å². The minimum atomic E-state index is -0.0586. The van der Waals surface area contributed by atoms with E-state index in [4.69, 9.17) is 0 Å². The molecular weight excluding hydrogens is 435 g/mol. The number of hydrogen-bond acceptors (Lipinski definition) is 3. The third-order valence-corrected chi connectivity index (χ3v) is 4.10. The van der Waals surface area contributed by atoms with Gasteiger partial charge in [0.15, 0.2) is 5.78 Å². The monoisotopic (exact) mass is 446 g/mol. The molecule has 0 fully saturated rings. The van der Waals surface area contributed by atoms with E-state index in [0.717, 1.165) is 4.47 Å². The van der Waals surface area contributed by atoms with Crippen LogP contribution in [0.5, 0.6) is 0 Å². The Labute approximate surface area is 138 Å². The highest BCUT2D eigenvalue weighted by Crippen LogP contribution is 2.12. The highest BCUT2D eigenvalue weighted by Gasteiger charge is 2.06. The van der Waals surface area contributed by atoms with Crippen molar-refractivity contribution in [1.82, 2.24) is 9.55 Å². The Kier molecular flexibility index (Phi) is 5.47. The summed E-state index contributed by atoms with van der Waals surface area (Å²) in [5.41, 5.74) is 0.637. The first-order valence-corrected chi connectivity index (χ1v) is 7.94. The Hall–Kier alpha value is -1.02. The van der Waals surface area contributed by atoms with Gasteiger partial charge in [-0.3, -0.25) is 14.2 Å². The fourth-order valence-electron chi connectivity index (χ4n) is 1.77. The fourth-order valence-corrected chi connectivity index (χ4v) is 2.51. The molecular formula is C14H12BrIN2O2. The SMILES string of the molecule is O=C(CCCn1cncc(I)c1=O)c1ccc(Br)cc1. The maximum absolute atomic E-state index is 12.0. The summed E-state index contributed by atoms with van der Waals surface area (Å²) in [5.74, 6) is 0.0872. The molecule has 0 bridgehead atoms. The van der Waals surface area contributed by atoms with Gasteiger partial charge in [-0.05, 0) is 41.1 Å². The van der Waals surface area contributed by atoms with Gasteiger partial charge in [-0.2, -0.15) is 0 Å². The number of rotatable bonds is 5. The summed E-state index contributed by atoms with van der Waals surface area (Å²) < 4.78 is 3.08. The second-order valence-electron chi connectivity index (χ2n) is 4.27. The van der Waals surface area contributed by atoms with Crippen LogP contribution in [0.1, 0.15) is 23.2 Å². The Bertz CT molecular complexity index is 668. The number of hydrogen-bond donors (Lipinski definition) is 0. The van der Waals surface area contributed by atoms with Crippen molar-refractivity contribution < 1.29 is 4.79 Å². The molecule has 0 aliphatic heterocycles. The molecule has 0 spiro atoms. The van der Waals surface area contributed by atoms with Crippen molar-refractivity contribution in [3.63, 3.8) is 0 Å². The minimum absolute atomic E-state index is 0.0586. The van der Waals surface area contributed by atoms with Crippen molar-refractivity contribution in [2.45, 2.75) is 19.4 Å². The second kappa shape index (κ2) is 7.12. The van der Waals surface area contributed by atoms with Crippen LogP contribution in [0.25, 0.3) is 0 Å². The zero-order valence-corrected chi connectivity index (χ0v) is 14.3. The number of benzene rings is 1. The van der Waals surface area contributed by atoms with E-state index in [1.807, 2.05) is 34.7 Å². The average molecular weight is 447 g/mol. The molecule has 1 heterocycles. The zero-order chi connectivity index (χ0) is 14.5. The predicted octanol–water partition coefficient (Wildman–Crippen LogP) is 3.27. The lowest BCUT2D eigenvalue weighted by molar-refractivity contribution is 0.0978. The van der Waals surface area contributed by atoms with Gasteiger partial charge in [0.2, 0.25) is 0 Å². The van der Waals surface area contributed by atoms with Gasteiger partial charge in [-0.1, -0.05) is 28.1 Å². The lowest BCUT2D eigenvalue weighted by Gasteiger charge is -2.05. The van der Waals surface area contributed by atoms with Crippen molar-refractivity contribution in [3.05, 3.63) is 60.7 Å². The summed E-state index contributed by atoms with van der Waals surface area (Å²) in [6.45, 7) is 0.505. The van der Waals surface area contributed by atoms with Gasteiger partial charge in [0.1, 0.15) is 0 Å². The molecule has 0 amide bonds. The number of Topliss-reactive ketones (excluding diaryl/α,β-unsaturated/α-hetero) is 1. The van der Waals surface area contributed by atoms with Crippen LogP contribution in [-0.2, 0) is 6.54 Å². The van der Waals surface area contributed by atoms with Gasteiger partial charge in [0.25, 0.3) is 5.56 Å². The molecule has 6 heteroatoms. The van der Waals surface area contributed by atoms with Crippen molar-refractivity contribution >= 4 is 44.3 Å². The van der Waals surface area contributed by atoms with Gasteiger partial charge < -0.3 is 0 Å². The lowest BCUT2D eigenvalue weighted by Crippen LogP contribution is -2.22. The Morgan fingerprint density at radius 2 is 2.00 bits per heavy atom. The van der Waals surface area contributed by atoms with Gasteiger partial charge >= 0.3 is 0 Å². The molecule has 1 aromatic heterocycles. The van der Waals surface area contributed by atoms with Crippen LogP contribution in [0.2, 0.25) is 0 Å². The molecule has 2 aromatic rings. The maximum atomic E-state index is 12.0. The van der Waals surface area contributed by atoms with Gasteiger partial charge in [0, 0.05) is 29.2 Å². The highest BCUT2D eigenvalue weighted by molar-refractivity contribution is 14.1. The molecule has 0 saturated heterocycles. The zero-order valence-electron chi connectivity index (χ0n) is 10.6. The largest absolute Gasteiger partial charge is 0.298 e. The van der Waals surface area contributed by atoms with Crippen LogP contribution in [0.4, 0.5) is 0 Å². The average Bonchev–Trinajstić information content (AvgIpc) is 2.44. The summed E-state index contributed by atoms with van der Waals surface area (Å²) in [4.78, 5) is 27.7. The van der Waals surface area contributed by atoms with E-state index in [1.165, 1.54) is 17.1 Å². The molecule has 0 atom stereocenters. The number of aromatic nitrogens is 2. The van der Waals surface area contributed by atoms with Crippen molar-refractivity contribution in [2.24, 2.45) is 0 Å². The smallest absolute Gasteiger partial charge is 0.266 e. The predicted molar refractivity (Wildman–Crippen MR) is 88.9 cm³/mol. The quantitative estimate of drug-likeness (QED) is 0.523. The fraction of sp³-hybridized carbons (Fsp3) is 0.214. The summed E-state index contributed by atoms with van der Waals surface area (Å²) in [6, 6.07) is 7.29. The second-order valence-corrected chi connectivity index (χ2v) is 6.35. The molecule has 0 N–H and O–H groups in total. The van der Waals surface area contributed by atoms with Gasteiger partial charge in [-0.25, -0.2) is 4.98 Å². The number of carbonyl (C=O) groups excluding carboxylic acids is 1. The molecule has 1 aromatic carbocycles. The topological polar surface area (TPSA) is 52.0 Å². The molecule has 104 valence electrons. The van der Waals surface area contributed by atoms with E-state index in [0.29, 0.717) is 28.5 Å². The first-order chi connectivity index (χ1) is 9.58. The summed E-state index contributed by atoms with van der Waals surface area (Å²) in [7, 11) is 0. The third-order valence-electron chi connectivity index (χ3n) is 2.83. The van der Waals surface area contributed by atoms with E-state index in [9.17, 15) is 9.59 Å². The van der Waals surface area contributed by atoms with Crippen molar-refractivity contribution in [2.75, 3.05) is 0 Å². The molecule has 2 rings (SSSR count). The van der Waals surface area contributed by atoms with Crippen LogP contribution in [-0.4, -0.2) is 15.3 Å². The molecule has 20 heavy (non-hydrogen) atoms. The number of ketones is 1. The van der Waals surface area contributed by atoms with Gasteiger partial charge in [-0.15, -0.1) is 0 Å². The first-order valence-electron chi connectivity index (χ1n) is 6.06. The maximum Gasteiger partial charge on any atom is 0.266 e.